The van der Waals surface area contributed by atoms with Crippen LogP contribution in [-0.4, -0.2) is 64.7 Å². The number of phosphoric ester groups is 1. The molecule has 0 aliphatic rings. The number of hydrogen-bond donors (Lipinski definition) is 4. The summed E-state index contributed by atoms with van der Waals surface area (Å²) < 4.78 is 26.4. The van der Waals surface area contributed by atoms with Gasteiger partial charge in [-0.05, 0) is 12.8 Å². The quantitative estimate of drug-likeness (QED) is 0.0263. The highest BCUT2D eigenvalue weighted by Gasteiger charge is 2.25. The van der Waals surface area contributed by atoms with Gasteiger partial charge in [-0.3, -0.25) is 24.2 Å². The van der Waals surface area contributed by atoms with Crippen molar-refractivity contribution in [1.29, 1.82) is 0 Å². The Balaban J connectivity index is 4.32. The molecule has 326 valence electrons. The molecule has 0 aliphatic carbocycles. The molecule has 55 heavy (non-hydrogen) atoms. The summed E-state index contributed by atoms with van der Waals surface area (Å²) in [5.41, 5.74) is 0. The number of carbonyl (C=O) groups excluding carboxylic acids is 2. The van der Waals surface area contributed by atoms with Crippen molar-refractivity contribution >= 4 is 25.7 Å². The van der Waals surface area contributed by atoms with Gasteiger partial charge < -0.3 is 24.4 Å². The SMILES string of the molecule is CCCCCCCCCCCCCCCCCCC(=O)OC(CN[C@@H](COP(=O)(O)O)C(=O)O)COC(=O)CCCCCCCCCCCCCCCCC. The predicted octanol–water partition coefficient (Wildman–Crippen LogP) is 11.5. The van der Waals surface area contributed by atoms with Gasteiger partial charge in [-0.15, -0.1) is 0 Å². The van der Waals surface area contributed by atoms with Gasteiger partial charge in [0, 0.05) is 19.4 Å². The third-order valence-electron chi connectivity index (χ3n) is 10.2. The topological polar surface area (TPSA) is 169 Å². The van der Waals surface area contributed by atoms with Gasteiger partial charge in [-0.25, -0.2) is 4.57 Å². The number of unbranched alkanes of at least 4 members (excludes halogenated alkanes) is 29. The summed E-state index contributed by atoms with van der Waals surface area (Å²) in [4.78, 5) is 54.7. The third kappa shape index (κ3) is 40.5. The average molecular weight is 806 g/mol. The molecule has 0 heterocycles. The fourth-order valence-corrected chi connectivity index (χ4v) is 7.10. The van der Waals surface area contributed by atoms with Crippen molar-refractivity contribution in [3.05, 3.63) is 0 Å². The number of nitrogens with one attached hydrogen (secondary N) is 1. The molecule has 0 spiro atoms. The summed E-state index contributed by atoms with van der Waals surface area (Å²) in [7, 11) is -4.88. The molecule has 0 rings (SSSR count). The summed E-state index contributed by atoms with van der Waals surface area (Å²) in [6, 6.07) is -1.47. The Morgan fingerprint density at radius 3 is 1.16 bits per heavy atom. The first-order valence-corrected chi connectivity index (χ1v) is 24.1. The molecule has 0 fully saturated rings. The van der Waals surface area contributed by atoms with E-state index in [2.05, 4.69) is 23.7 Å². The average Bonchev–Trinajstić information content (AvgIpc) is 3.14. The van der Waals surface area contributed by atoms with Crippen molar-refractivity contribution < 1.29 is 47.8 Å². The first kappa shape index (κ1) is 53.5. The minimum atomic E-state index is -4.88. The zero-order chi connectivity index (χ0) is 40.7. The van der Waals surface area contributed by atoms with Crippen molar-refractivity contribution in [3.8, 4) is 0 Å². The molecule has 0 radical (unpaired) electrons. The van der Waals surface area contributed by atoms with Crippen LogP contribution in [0.5, 0.6) is 0 Å². The first-order chi connectivity index (χ1) is 26.6. The van der Waals surface area contributed by atoms with Gasteiger partial charge in [0.2, 0.25) is 0 Å². The number of phosphoric acid groups is 1. The number of rotatable bonds is 43. The maximum Gasteiger partial charge on any atom is 0.469 e. The zero-order valence-electron chi connectivity index (χ0n) is 35.3. The highest BCUT2D eigenvalue weighted by molar-refractivity contribution is 7.46. The maximum atomic E-state index is 12.7. The molecule has 4 N–H and O–H groups in total. The second-order valence-corrected chi connectivity index (χ2v) is 16.9. The van der Waals surface area contributed by atoms with E-state index in [0.717, 1.165) is 38.5 Å². The van der Waals surface area contributed by atoms with E-state index in [4.69, 9.17) is 19.3 Å². The van der Waals surface area contributed by atoms with Gasteiger partial charge in [-0.1, -0.05) is 200 Å². The fraction of sp³-hybridized carbons (Fsp3) is 0.930. The lowest BCUT2D eigenvalue weighted by Crippen LogP contribution is -2.46. The molecule has 0 aromatic rings. The lowest BCUT2D eigenvalue weighted by Gasteiger charge is -2.21. The van der Waals surface area contributed by atoms with Crippen LogP contribution in [0.4, 0.5) is 0 Å². The number of ether oxygens (including phenoxy) is 2. The molecule has 0 aromatic heterocycles. The molecule has 0 bridgehead atoms. The highest BCUT2D eigenvalue weighted by atomic mass is 31.2. The molecule has 1 unspecified atom stereocenters. The second kappa shape index (κ2) is 39.3. The van der Waals surface area contributed by atoms with Gasteiger partial charge in [0.05, 0.1) is 6.61 Å². The predicted molar refractivity (Wildman–Crippen MR) is 222 cm³/mol. The van der Waals surface area contributed by atoms with E-state index in [1.165, 1.54) is 148 Å². The van der Waals surface area contributed by atoms with Crippen molar-refractivity contribution in [2.45, 2.75) is 238 Å². The van der Waals surface area contributed by atoms with Gasteiger partial charge in [0.1, 0.15) is 18.8 Å². The van der Waals surface area contributed by atoms with Crippen LogP contribution in [0.15, 0.2) is 0 Å². The van der Waals surface area contributed by atoms with E-state index in [-0.39, 0.29) is 26.0 Å². The maximum absolute atomic E-state index is 12.7. The molecule has 0 aliphatic heterocycles. The summed E-state index contributed by atoms with van der Waals surface area (Å²) in [5.74, 6) is -2.26. The van der Waals surface area contributed by atoms with Crippen LogP contribution in [0.1, 0.15) is 226 Å². The molecule has 0 saturated carbocycles. The Hall–Kier alpha value is -1.52. The van der Waals surface area contributed by atoms with E-state index in [1.807, 2.05) is 0 Å². The Kier molecular flexibility index (Phi) is 38.2. The highest BCUT2D eigenvalue weighted by Crippen LogP contribution is 2.35. The fourth-order valence-electron chi connectivity index (χ4n) is 6.76. The number of carboxylic acid groups (broad SMARTS) is 1. The van der Waals surface area contributed by atoms with Crippen LogP contribution in [0.25, 0.3) is 0 Å². The smallest absolute Gasteiger partial charge is 0.469 e. The van der Waals surface area contributed by atoms with Gasteiger partial charge in [-0.2, -0.15) is 0 Å². The number of esters is 2. The number of carboxylic acids is 1. The summed E-state index contributed by atoms with van der Waals surface area (Å²) in [6.07, 6.45) is 37.6. The Morgan fingerprint density at radius 1 is 0.509 bits per heavy atom. The monoisotopic (exact) mass is 806 g/mol. The Morgan fingerprint density at radius 2 is 0.836 bits per heavy atom. The second-order valence-electron chi connectivity index (χ2n) is 15.6. The van der Waals surface area contributed by atoms with Gasteiger partial charge in [0.25, 0.3) is 0 Å². The van der Waals surface area contributed by atoms with E-state index < -0.39 is 44.5 Å². The molecule has 11 nitrogen and oxygen atoms in total. The van der Waals surface area contributed by atoms with E-state index in [1.54, 1.807) is 0 Å². The summed E-state index contributed by atoms with van der Waals surface area (Å²) in [5, 5.41) is 12.1. The van der Waals surface area contributed by atoms with Crippen molar-refractivity contribution in [2.75, 3.05) is 19.8 Å². The molecular weight excluding hydrogens is 721 g/mol. The summed E-state index contributed by atoms with van der Waals surface area (Å²) >= 11 is 0. The lowest BCUT2D eigenvalue weighted by atomic mass is 10.0. The van der Waals surface area contributed by atoms with Crippen molar-refractivity contribution in [2.24, 2.45) is 0 Å². The minimum absolute atomic E-state index is 0.196. The molecular formula is C43H84NO10P. The number of carbonyl (C=O) groups is 3. The first-order valence-electron chi connectivity index (χ1n) is 22.6. The normalized spacial score (nSPS) is 12.8. The molecule has 0 aromatic carbocycles. The molecule has 12 heteroatoms. The van der Waals surface area contributed by atoms with E-state index in [0.29, 0.717) is 12.8 Å². The molecule has 0 saturated heterocycles. The van der Waals surface area contributed by atoms with Crippen molar-refractivity contribution in [1.82, 2.24) is 5.32 Å². The van der Waals surface area contributed by atoms with E-state index in [9.17, 15) is 24.1 Å². The van der Waals surface area contributed by atoms with Crippen LogP contribution in [0.3, 0.4) is 0 Å². The summed E-state index contributed by atoms with van der Waals surface area (Å²) in [6.45, 7) is 3.26. The molecule has 0 amide bonds. The van der Waals surface area contributed by atoms with Crippen LogP contribution in [0, 0.1) is 0 Å². The Labute approximate surface area is 335 Å². The number of hydrogen-bond acceptors (Lipinski definition) is 8. The largest absolute Gasteiger partial charge is 0.480 e. The zero-order valence-corrected chi connectivity index (χ0v) is 36.2. The van der Waals surface area contributed by atoms with Crippen LogP contribution >= 0.6 is 7.82 Å². The van der Waals surface area contributed by atoms with Crippen LogP contribution in [0.2, 0.25) is 0 Å². The lowest BCUT2D eigenvalue weighted by molar-refractivity contribution is -0.159. The number of aliphatic carboxylic acids is 1. The van der Waals surface area contributed by atoms with Crippen molar-refractivity contribution in [3.63, 3.8) is 0 Å². The van der Waals surface area contributed by atoms with E-state index >= 15 is 0 Å². The van der Waals surface area contributed by atoms with Gasteiger partial charge >= 0.3 is 25.7 Å². The third-order valence-corrected chi connectivity index (χ3v) is 10.7. The van der Waals surface area contributed by atoms with Crippen LogP contribution in [-0.2, 0) is 32.9 Å². The Bertz CT molecular complexity index is 946. The standard InChI is InChI=1S/C43H84NO10P/c1-3-5-7-9-11-13-15-17-19-21-23-25-27-29-31-33-35-42(46)54-39(36-44-40(43(47)48)38-53-55(49,50)51)37-52-41(45)34-32-30-28-26-24-22-20-18-16-14-12-10-8-6-4-2/h39-40,44H,3-38H2,1-2H3,(H,47,48)(H2,49,50,51)/t39?,40-/m0/s1. The minimum Gasteiger partial charge on any atom is -0.480 e. The van der Waals surface area contributed by atoms with Gasteiger partial charge in [0.15, 0.2) is 0 Å². The van der Waals surface area contributed by atoms with Crippen LogP contribution < -0.4 is 5.32 Å². The molecule has 2 atom stereocenters.